The van der Waals surface area contributed by atoms with Crippen LogP contribution in [0.4, 0.5) is 0 Å². The minimum Gasteiger partial charge on any atom is -0.303 e. The van der Waals surface area contributed by atoms with E-state index in [1.807, 2.05) is 0 Å². The van der Waals surface area contributed by atoms with Crippen molar-refractivity contribution in [3.8, 4) is 0 Å². The zero-order chi connectivity index (χ0) is 15.8. The quantitative estimate of drug-likeness (QED) is 0.433. The first-order valence-corrected chi connectivity index (χ1v) is 9.60. The van der Waals surface area contributed by atoms with Gasteiger partial charge in [-0.25, -0.2) is 0 Å². The Morgan fingerprint density at radius 1 is 0.810 bits per heavy atom. The standard InChI is InChI=1S/C20H41N/c1-16(2)9-7-8-10-18(5)13-19(6)11-12-21-14-20(15-21)17(3)4/h16-20H,7-15H2,1-6H3. The van der Waals surface area contributed by atoms with Gasteiger partial charge in [0.1, 0.15) is 0 Å². The van der Waals surface area contributed by atoms with Crippen molar-refractivity contribution in [3.05, 3.63) is 0 Å². The summed E-state index contributed by atoms with van der Waals surface area (Å²) < 4.78 is 0. The highest BCUT2D eigenvalue weighted by Gasteiger charge is 2.28. The highest BCUT2D eigenvalue weighted by molar-refractivity contribution is 4.81. The first kappa shape index (κ1) is 19.0. The van der Waals surface area contributed by atoms with Gasteiger partial charge in [0.15, 0.2) is 0 Å². The van der Waals surface area contributed by atoms with Gasteiger partial charge in [-0.2, -0.15) is 0 Å². The van der Waals surface area contributed by atoms with Crippen LogP contribution in [-0.2, 0) is 0 Å². The third-order valence-corrected chi connectivity index (χ3v) is 5.40. The summed E-state index contributed by atoms with van der Waals surface area (Å²) in [4.78, 5) is 2.66. The van der Waals surface area contributed by atoms with Crippen molar-refractivity contribution < 1.29 is 0 Å². The average molecular weight is 296 g/mol. The first-order chi connectivity index (χ1) is 9.88. The summed E-state index contributed by atoms with van der Waals surface area (Å²) in [7, 11) is 0. The topological polar surface area (TPSA) is 3.24 Å². The molecule has 2 atom stereocenters. The summed E-state index contributed by atoms with van der Waals surface area (Å²) in [5.41, 5.74) is 0. The molecule has 0 bridgehead atoms. The molecule has 21 heavy (non-hydrogen) atoms. The Labute approximate surface area is 134 Å². The van der Waals surface area contributed by atoms with Gasteiger partial charge in [0.2, 0.25) is 0 Å². The molecule has 1 heteroatoms. The molecule has 0 spiro atoms. The van der Waals surface area contributed by atoms with E-state index in [1.54, 1.807) is 0 Å². The summed E-state index contributed by atoms with van der Waals surface area (Å²) in [6, 6.07) is 0. The lowest BCUT2D eigenvalue weighted by Gasteiger charge is -2.42. The van der Waals surface area contributed by atoms with E-state index in [9.17, 15) is 0 Å². The van der Waals surface area contributed by atoms with E-state index < -0.39 is 0 Å². The molecular formula is C20H41N. The first-order valence-electron chi connectivity index (χ1n) is 9.60. The second kappa shape index (κ2) is 9.87. The second-order valence-corrected chi connectivity index (χ2v) is 8.68. The fourth-order valence-electron chi connectivity index (χ4n) is 3.58. The van der Waals surface area contributed by atoms with Crippen molar-refractivity contribution in [1.82, 2.24) is 4.90 Å². The van der Waals surface area contributed by atoms with Crippen molar-refractivity contribution >= 4 is 0 Å². The molecule has 126 valence electrons. The zero-order valence-electron chi connectivity index (χ0n) is 15.7. The molecule has 2 unspecified atom stereocenters. The van der Waals surface area contributed by atoms with E-state index in [2.05, 4.69) is 46.4 Å². The van der Waals surface area contributed by atoms with Crippen LogP contribution >= 0.6 is 0 Å². The van der Waals surface area contributed by atoms with Crippen LogP contribution in [0.2, 0.25) is 0 Å². The van der Waals surface area contributed by atoms with E-state index in [1.165, 1.54) is 58.2 Å². The smallest absolute Gasteiger partial charge is 0.00245 e. The lowest BCUT2D eigenvalue weighted by molar-refractivity contribution is 0.0627. The molecule has 1 fully saturated rings. The molecule has 0 radical (unpaired) electrons. The maximum atomic E-state index is 2.66. The van der Waals surface area contributed by atoms with Crippen molar-refractivity contribution in [3.63, 3.8) is 0 Å². The summed E-state index contributed by atoms with van der Waals surface area (Å²) in [6.45, 7) is 18.4. The summed E-state index contributed by atoms with van der Waals surface area (Å²) in [5.74, 6) is 4.56. The average Bonchev–Trinajstić information content (AvgIpc) is 2.32. The molecule has 0 saturated carbocycles. The molecule has 1 aliphatic heterocycles. The summed E-state index contributed by atoms with van der Waals surface area (Å²) >= 11 is 0. The molecular weight excluding hydrogens is 254 g/mol. The van der Waals surface area contributed by atoms with E-state index in [0.29, 0.717) is 0 Å². The molecule has 1 aliphatic rings. The molecule has 1 nitrogen and oxygen atoms in total. The summed E-state index contributed by atoms with van der Waals surface area (Å²) in [6.07, 6.45) is 8.56. The maximum Gasteiger partial charge on any atom is 0.00245 e. The summed E-state index contributed by atoms with van der Waals surface area (Å²) in [5, 5.41) is 0. The molecule has 0 N–H and O–H groups in total. The lowest BCUT2D eigenvalue weighted by atomic mass is 9.87. The van der Waals surface area contributed by atoms with Crippen molar-refractivity contribution in [2.45, 2.75) is 80.1 Å². The van der Waals surface area contributed by atoms with Crippen LogP contribution in [0.25, 0.3) is 0 Å². The minimum absolute atomic E-state index is 0.879. The van der Waals surface area contributed by atoms with E-state index in [0.717, 1.165) is 29.6 Å². The minimum atomic E-state index is 0.879. The predicted octanol–water partition coefficient (Wildman–Crippen LogP) is 5.84. The molecule has 1 rings (SSSR count). The van der Waals surface area contributed by atoms with Gasteiger partial charge in [-0.15, -0.1) is 0 Å². The third kappa shape index (κ3) is 8.24. The van der Waals surface area contributed by atoms with Gasteiger partial charge in [0.05, 0.1) is 0 Å². The number of hydrogen-bond acceptors (Lipinski definition) is 1. The lowest BCUT2D eigenvalue weighted by Crippen LogP contribution is -2.49. The molecule has 1 heterocycles. The number of hydrogen-bond donors (Lipinski definition) is 0. The van der Waals surface area contributed by atoms with E-state index >= 15 is 0 Å². The van der Waals surface area contributed by atoms with Crippen LogP contribution in [0.5, 0.6) is 0 Å². The number of likely N-dealkylation sites (tertiary alicyclic amines) is 1. The fourth-order valence-corrected chi connectivity index (χ4v) is 3.58. The van der Waals surface area contributed by atoms with Gasteiger partial charge in [-0.05, 0) is 49.0 Å². The van der Waals surface area contributed by atoms with Gasteiger partial charge < -0.3 is 4.90 Å². The molecule has 0 amide bonds. The highest BCUT2D eigenvalue weighted by Crippen LogP contribution is 2.26. The predicted molar refractivity (Wildman–Crippen MR) is 95.6 cm³/mol. The van der Waals surface area contributed by atoms with Crippen LogP contribution in [0.1, 0.15) is 80.1 Å². The Kier molecular flexibility index (Phi) is 8.94. The molecule has 0 aromatic heterocycles. The maximum absolute atomic E-state index is 2.66. The third-order valence-electron chi connectivity index (χ3n) is 5.40. The molecule has 1 saturated heterocycles. The van der Waals surface area contributed by atoms with Crippen LogP contribution in [0.3, 0.4) is 0 Å². The molecule has 0 aromatic rings. The van der Waals surface area contributed by atoms with Crippen LogP contribution in [-0.4, -0.2) is 24.5 Å². The van der Waals surface area contributed by atoms with Gasteiger partial charge in [0.25, 0.3) is 0 Å². The Morgan fingerprint density at radius 3 is 1.95 bits per heavy atom. The second-order valence-electron chi connectivity index (χ2n) is 8.68. The van der Waals surface area contributed by atoms with Crippen molar-refractivity contribution in [2.24, 2.45) is 29.6 Å². The van der Waals surface area contributed by atoms with E-state index in [-0.39, 0.29) is 0 Å². The Morgan fingerprint density at radius 2 is 1.38 bits per heavy atom. The number of unbranched alkanes of at least 4 members (excludes halogenated alkanes) is 1. The molecule has 0 aromatic carbocycles. The van der Waals surface area contributed by atoms with E-state index in [4.69, 9.17) is 0 Å². The van der Waals surface area contributed by atoms with Crippen LogP contribution in [0, 0.1) is 29.6 Å². The Bertz CT molecular complexity index is 253. The van der Waals surface area contributed by atoms with Crippen molar-refractivity contribution in [2.75, 3.05) is 19.6 Å². The largest absolute Gasteiger partial charge is 0.303 e. The van der Waals surface area contributed by atoms with Gasteiger partial charge >= 0.3 is 0 Å². The van der Waals surface area contributed by atoms with Gasteiger partial charge in [0, 0.05) is 13.1 Å². The fraction of sp³-hybridized carbons (Fsp3) is 1.00. The zero-order valence-corrected chi connectivity index (χ0v) is 15.7. The number of rotatable bonds is 11. The Hall–Kier alpha value is -0.0400. The van der Waals surface area contributed by atoms with Crippen molar-refractivity contribution in [1.29, 1.82) is 0 Å². The normalized spacial score (nSPS) is 20.0. The van der Waals surface area contributed by atoms with Crippen LogP contribution in [0.15, 0.2) is 0 Å². The Balaban J connectivity index is 1.99. The van der Waals surface area contributed by atoms with Crippen LogP contribution < -0.4 is 0 Å². The van der Waals surface area contributed by atoms with Gasteiger partial charge in [-0.3, -0.25) is 0 Å². The highest BCUT2D eigenvalue weighted by atomic mass is 15.2. The number of nitrogens with zero attached hydrogens (tertiary/aromatic N) is 1. The molecule has 0 aliphatic carbocycles. The van der Waals surface area contributed by atoms with Gasteiger partial charge in [-0.1, -0.05) is 67.2 Å². The SMILES string of the molecule is CC(C)CCCCC(C)CC(C)CCN1CC(C(C)C)C1. The monoisotopic (exact) mass is 295 g/mol.